The molecule has 1 aliphatic heterocycles. The first kappa shape index (κ1) is 27.4. The van der Waals surface area contributed by atoms with Crippen molar-refractivity contribution in [2.24, 2.45) is 4.99 Å². The molecule has 0 saturated carbocycles. The Hall–Kier alpha value is -3.15. The Morgan fingerprint density at radius 2 is 1.72 bits per heavy atom. The SMILES string of the molecule is CCCCC1=NC(CC)(CC)C(=O)N1Cc1ccc(-c2cccc(OC(CC)C(=O)OCC)c2)cc1. The summed E-state index contributed by atoms with van der Waals surface area (Å²) in [5.74, 6) is 1.33. The van der Waals surface area contributed by atoms with Crippen LogP contribution in [0, 0.1) is 0 Å². The van der Waals surface area contributed by atoms with Crippen molar-refractivity contribution in [1.82, 2.24) is 4.90 Å². The molecule has 0 fully saturated rings. The van der Waals surface area contributed by atoms with E-state index in [-0.39, 0.29) is 11.9 Å². The molecular weight excluding hydrogens is 452 g/mol. The van der Waals surface area contributed by atoms with Gasteiger partial charge in [0, 0.05) is 6.42 Å². The molecule has 1 aliphatic rings. The molecule has 1 atom stereocenters. The quantitative estimate of drug-likeness (QED) is 0.297. The molecule has 6 heteroatoms. The van der Waals surface area contributed by atoms with Crippen LogP contribution in [-0.4, -0.2) is 40.9 Å². The summed E-state index contributed by atoms with van der Waals surface area (Å²) in [6.45, 7) is 10.8. The van der Waals surface area contributed by atoms with Crippen LogP contribution in [0.1, 0.15) is 78.7 Å². The van der Waals surface area contributed by atoms with Crippen LogP contribution in [0.25, 0.3) is 11.1 Å². The molecular formula is C30H40N2O4. The molecule has 0 bridgehead atoms. The highest BCUT2D eigenvalue weighted by atomic mass is 16.6. The van der Waals surface area contributed by atoms with E-state index in [1.54, 1.807) is 6.92 Å². The van der Waals surface area contributed by atoms with Crippen LogP contribution in [0.15, 0.2) is 53.5 Å². The number of carbonyl (C=O) groups excluding carboxylic acids is 2. The highest BCUT2D eigenvalue weighted by molar-refractivity contribution is 6.08. The summed E-state index contributed by atoms with van der Waals surface area (Å²) in [6, 6.07) is 16.0. The second-order valence-corrected chi connectivity index (χ2v) is 9.25. The summed E-state index contributed by atoms with van der Waals surface area (Å²) in [5, 5.41) is 0. The van der Waals surface area contributed by atoms with Gasteiger partial charge in [0.2, 0.25) is 0 Å². The molecule has 2 aromatic rings. The zero-order valence-corrected chi connectivity index (χ0v) is 22.4. The minimum absolute atomic E-state index is 0.125. The first-order valence-corrected chi connectivity index (χ1v) is 13.3. The number of hydrogen-bond donors (Lipinski definition) is 0. The minimum atomic E-state index is -0.623. The predicted molar refractivity (Wildman–Crippen MR) is 144 cm³/mol. The zero-order chi connectivity index (χ0) is 26.1. The van der Waals surface area contributed by atoms with Gasteiger partial charge in [0.25, 0.3) is 5.91 Å². The maximum atomic E-state index is 13.4. The number of rotatable bonds is 13. The van der Waals surface area contributed by atoms with E-state index in [4.69, 9.17) is 14.5 Å². The Labute approximate surface area is 215 Å². The molecule has 0 spiro atoms. The van der Waals surface area contributed by atoms with Crippen molar-refractivity contribution >= 4 is 17.7 Å². The molecule has 1 heterocycles. The Kier molecular flexibility index (Phi) is 9.68. The lowest BCUT2D eigenvalue weighted by Gasteiger charge is -2.24. The molecule has 1 amide bonds. The fourth-order valence-electron chi connectivity index (χ4n) is 4.55. The van der Waals surface area contributed by atoms with E-state index >= 15 is 0 Å². The highest BCUT2D eigenvalue weighted by Crippen LogP contribution is 2.33. The number of aliphatic imine (C=N–C) groups is 1. The fourth-order valence-corrected chi connectivity index (χ4v) is 4.55. The van der Waals surface area contributed by atoms with Crippen molar-refractivity contribution in [1.29, 1.82) is 0 Å². The Balaban J connectivity index is 1.75. The molecule has 3 rings (SSSR count). The predicted octanol–water partition coefficient (Wildman–Crippen LogP) is 6.56. The molecule has 0 aliphatic carbocycles. The van der Waals surface area contributed by atoms with Gasteiger partial charge in [-0.1, -0.05) is 70.5 Å². The second-order valence-electron chi connectivity index (χ2n) is 9.25. The van der Waals surface area contributed by atoms with Crippen molar-refractivity contribution in [2.45, 2.75) is 91.3 Å². The minimum Gasteiger partial charge on any atom is -0.479 e. The van der Waals surface area contributed by atoms with Gasteiger partial charge in [-0.15, -0.1) is 0 Å². The molecule has 0 radical (unpaired) electrons. The number of nitrogens with zero attached hydrogens (tertiary/aromatic N) is 2. The first-order valence-electron chi connectivity index (χ1n) is 13.3. The number of amides is 1. The summed E-state index contributed by atoms with van der Waals surface area (Å²) in [6.07, 6.45) is 4.29. The van der Waals surface area contributed by atoms with E-state index < -0.39 is 11.6 Å². The van der Waals surface area contributed by atoms with Crippen molar-refractivity contribution in [3.05, 3.63) is 54.1 Å². The second kappa shape index (κ2) is 12.7. The van der Waals surface area contributed by atoms with Gasteiger partial charge in [0.15, 0.2) is 6.10 Å². The van der Waals surface area contributed by atoms with Crippen LogP contribution in [0.2, 0.25) is 0 Å². The van der Waals surface area contributed by atoms with E-state index in [1.165, 1.54) is 0 Å². The van der Waals surface area contributed by atoms with Crippen molar-refractivity contribution in [2.75, 3.05) is 6.61 Å². The van der Waals surface area contributed by atoms with Gasteiger partial charge in [-0.25, -0.2) is 4.79 Å². The number of ether oxygens (including phenoxy) is 2. The Bertz CT molecular complexity index is 1060. The lowest BCUT2D eigenvalue weighted by atomic mass is 9.93. The largest absolute Gasteiger partial charge is 0.479 e. The van der Waals surface area contributed by atoms with Crippen molar-refractivity contribution in [3.63, 3.8) is 0 Å². The zero-order valence-electron chi connectivity index (χ0n) is 22.4. The third-order valence-electron chi connectivity index (χ3n) is 6.88. The van der Waals surface area contributed by atoms with E-state index in [0.717, 1.165) is 54.6 Å². The summed E-state index contributed by atoms with van der Waals surface area (Å²) in [4.78, 5) is 32.3. The highest BCUT2D eigenvalue weighted by Gasteiger charge is 2.45. The van der Waals surface area contributed by atoms with Gasteiger partial charge < -0.3 is 9.47 Å². The Morgan fingerprint density at radius 1 is 1.00 bits per heavy atom. The standard InChI is InChI=1S/C30H40N2O4/c1-6-11-15-27-31-30(8-3,9-4)29(34)32(27)21-22-16-18-23(19-17-22)24-13-12-14-25(20-24)36-26(7-2)28(33)35-10-5/h12-14,16-20,26H,6-11,15,21H2,1-5H3. The van der Waals surface area contributed by atoms with Crippen molar-refractivity contribution in [3.8, 4) is 16.9 Å². The van der Waals surface area contributed by atoms with Gasteiger partial charge in [-0.05, 0) is 61.4 Å². The number of hydrogen-bond acceptors (Lipinski definition) is 5. The van der Waals surface area contributed by atoms with E-state index in [1.807, 2.05) is 49.9 Å². The van der Waals surface area contributed by atoms with Gasteiger partial charge >= 0.3 is 5.97 Å². The fraction of sp³-hybridized carbons (Fsp3) is 0.500. The molecule has 2 aromatic carbocycles. The third kappa shape index (κ3) is 6.15. The number of unbranched alkanes of at least 4 members (excludes halogenated alkanes) is 1. The molecule has 1 unspecified atom stereocenters. The van der Waals surface area contributed by atoms with E-state index in [2.05, 4.69) is 31.2 Å². The summed E-state index contributed by atoms with van der Waals surface area (Å²) in [7, 11) is 0. The average Bonchev–Trinajstić information content (AvgIpc) is 3.17. The van der Waals surface area contributed by atoms with Crippen LogP contribution in [0.5, 0.6) is 5.75 Å². The average molecular weight is 493 g/mol. The first-order chi connectivity index (χ1) is 17.4. The monoisotopic (exact) mass is 492 g/mol. The normalized spacial score (nSPS) is 15.5. The number of esters is 1. The molecule has 0 aromatic heterocycles. The van der Waals surface area contributed by atoms with Crippen molar-refractivity contribution < 1.29 is 19.1 Å². The van der Waals surface area contributed by atoms with E-state index in [9.17, 15) is 9.59 Å². The Morgan fingerprint density at radius 3 is 2.33 bits per heavy atom. The maximum Gasteiger partial charge on any atom is 0.347 e. The number of carbonyl (C=O) groups is 2. The molecule has 194 valence electrons. The number of amidine groups is 1. The summed E-state index contributed by atoms with van der Waals surface area (Å²) in [5.41, 5.74) is 2.50. The number of benzene rings is 2. The maximum absolute atomic E-state index is 13.4. The van der Waals surface area contributed by atoms with Gasteiger partial charge in [0.1, 0.15) is 17.1 Å². The van der Waals surface area contributed by atoms with Gasteiger partial charge in [0.05, 0.1) is 13.2 Å². The van der Waals surface area contributed by atoms with Crippen LogP contribution >= 0.6 is 0 Å². The summed E-state index contributed by atoms with van der Waals surface area (Å²) < 4.78 is 11.0. The molecule has 0 N–H and O–H groups in total. The third-order valence-corrected chi connectivity index (χ3v) is 6.88. The summed E-state index contributed by atoms with van der Waals surface area (Å²) >= 11 is 0. The topological polar surface area (TPSA) is 68.2 Å². The van der Waals surface area contributed by atoms with Crippen LogP contribution in [0.3, 0.4) is 0 Å². The molecule has 6 nitrogen and oxygen atoms in total. The molecule has 0 saturated heterocycles. The molecule has 36 heavy (non-hydrogen) atoms. The van der Waals surface area contributed by atoms with Gasteiger partial charge in [-0.2, -0.15) is 0 Å². The lowest BCUT2D eigenvalue weighted by molar-refractivity contribution is -0.151. The van der Waals surface area contributed by atoms with Gasteiger partial charge in [-0.3, -0.25) is 14.7 Å². The smallest absolute Gasteiger partial charge is 0.347 e. The lowest BCUT2D eigenvalue weighted by Crippen LogP contribution is -2.41. The van der Waals surface area contributed by atoms with Crippen LogP contribution < -0.4 is 4.74 Å². The van der Waals surface area contributed by atoms with E-state index in [0.29, 0.717) is 25.3 Å². The van der Waals surface area contributed by atoms with Crippen LogP contribution in [-0.2, 0) is 20.9 Å². The van der Waals surface area contributed by atoms with Crippen LogP contribution in [0.4, 0.5) is 0 Å².